The van der Waals surface area contributed by atoms with Gasteiger partial charge in [-0.1, -0.05) is 53.5 Å². The topological polar surface area (TPSA) is 138 Å². The van der Waals surface area contributed by atoms with Crippen LogP contribution < -0.4 is 20.8 Å². The van der Waals surface area contributed by atoms with Crippen LogP contribution in [-0.2, 0) is 9.59 Å². The van der Waals surface area contributed by atoms with Gasteiger partial charge in [0.2, 0.25) is 0 Å². The fourth-order valence-corrected chi connectivity index (χ4v) is 4.91. The number of imide groups is 1. The third-order valence-electron chi connectivity index (χ3n) is 5.60. The highest BCUT2D eigenvalue weighted by molar-refractivity contribution is 7.14. The summed E-state index contributed by atoms with van der Waals surface area (Å²) in [6, 6.07) is 18.9. The Labute approximate surface area is 235 Å². The molecular formula is C26H16Cl2N5O5S-. The van der Waals surface area contributed by atoms with Crippen molar-refractivity contribution in [3.63, 3.8) is 0 Å². The molecule has 3 aromatic carbocycles. The predicted molar refractivity (Wildman–Crippen MR) is 150 cm³/mol. The lowest BCUT2D eigenvalue weighted by atomic mass is 10.1. The third kappa shape index (κ3) is 5.35. The van der Waals surface area contributed by atoms with Gasteiger partial charge in [-0.25, -0.2) is 9.88 Å². The summed E-state index contributed by atoms with van der Waals surface area (Å²) in [7, 11) is 0. The molecule has 0 unspecified atom stereocenters. The first kappa shape index (κ1) is 26.4. The van der Waals surface area contributed by atoms with Crippen LogP contribution in [0.1, 0.15) is 10.4 Å². The van der Waals surface area contributed by atoms with Gasteiger partial charge in [-0.2, -0.15) is 0 Å². The molecule has 0 spiro atoms. The van der Waals surface area contributed by atoms with Crippen molar-refractivity contribution in [2.24, 2.45) is 0 Å². The normalized spacial score (nSPS) is 13.2. The van der Waals surface area contributed by atoms with Gasteiger partial charge in [-0.05, 0) is 42.5 Å². The van der Waals surface area contributed by atoms with E-state index in [0.29, 0.717) is 22.1 Å². The largest absolute Gasteiger partial charge is 0.733 e. The molecule has 0 aliphatic carbocycles. The van der Waals surface area contributed by atoms with E-state index in [1.807, 2.05) is 0 Å². The summed E-state index contributed by atoms with van der Waals surface area (Å²) in [5.41, 5.74) is 1.78. The Morgan fingerprint density at radius 2 is 1.77 bits per heavy atom. The summed E-state index contributed by atoms with van der Waals surface area (Å²) in [6.07, 6.45) is 0. The minimum Gasteiger partial charge on any atom is -0.733 e. The lowest BCUT2D eigenvalue weighted by Gasteiger charge is -2.21. The van der Waals surface area contributed by atoms with E-state index in [9.17, 15) is 19.6 Å². The first-order chi connectivity index (χ1) is 18.7. The second kappa shape index (κ2) is 10.8. The van der Waals surface area contributed by atoms with E-state index in [2.05, 4.69) is 15.6 Å². The zero-order chi connectivity index (χ0) is 27.7. The van der Waals surface area contributed by atoms with Crippen molar-refractivity contribution in [1.29, 1.82) is 0 Å². The summed E-state index contributed by atoms with van der Waals surface area (Å²) in [5.74, 6) is -1.88. The third-order valence-corrected chi connectivity index (χ3v) is 7.03. The number of aromatic nitrogens is 1. The van der Waals surface area contributed by atoms with Gasteiger partial charge < -0.3 is 15.8 Å². The Bertz CT molecular complexity index is 1650. The maximum Gasteiger partial charge on any atom is 0.283 e. The Morgan fingerprint density at radius 3 is 2.54 bits per heavy atom. The molecule has 1 aliphatic rings. The van der Waals surface area contributed by atoms with Crippen LogP contribution in [0.5, 0.6) is 0 Å². The molecular weight excluding hydrogens is 565 g/mol. The highest BCUT2D eigenvalue weighted by atomic mass is 35.5. The van der Waals surface area contributed by atoms with Crippen LogP contribution >= 0.6 is 34.5 Å². The van der Waals surface area contributed by atoms with Gasteiger partial charge in [0.25, 0.3) is 17.7 Å². The van der Waals surface area contributed by atoms with E-state index in [4.69, 9.17) is 28.4 Å². The molecule has 0 radical (unpaired) electrons. The van der Waals surface area contributed by atoms with E-state index in [1.165, 1.54) is 35.6 Å². The molecule has 0 bridgehead atoms. The van der Waals surface area contributed by atoms with Crippen molar-refractivity contribution >= 4 is 74.5 Å². The minimum absolute atomic E-state index is 0.0445. The standard InChI is InChI=1S/C26H16Cl2N5O5S/c27-18-9-1-2-10-20(18)32-24(35)21(28)22(25(32)36)29-16-7-3-6-15(11-16)23(34)31-26-30-19(13-39-26)14-5-4-8-17(12-14)33(37)38/h1-13,29,37H,(H,30,31,34)/q-1. The van der Waals surface area contributed by atoms with Crippen LogP contribution in [0.25, 0.3) is 11.3 Å². The average molecular weight is 581 g/mol. The van der Waals surface area contributed by atoms with Gasteiger partial charge in [0.05, 0.1) is 22.1 Å². The van der Waals surface area contributed by atoms with Crippen LogP contribution in [0, 0.1) is 5.21 Å². The zero-order valence-electron chi connectivity index (χ0n) is 19.6. The van der Waals surface area contributed by atoms with Gasteiger partial charge in [-0.3, -0.25) is 24.9 Å². The van der Waals surface area contributed by atoms with Crippen molar-refractivity contribution in [2.75, 3.05) is 20.8 Å². The number of carbonyl (C=O) groups excluding carboxylic acids is 3. The maximum atomic E-state index is 13.0. The number of halogens is 2. The summed E-state index contributed by atoms with van der Waals surface area (Å²) in [5, 5.41) is 27.5. The number of thiazole rings is 1. The molecule has 10 nitrogen and oxygen atoms in total. The van der Waals surface area contributed by atoms with Crippen LogP contribution in [0.15, 0.2) is 88.9 Å². The van der Waals surface area contributed by atoms with Crippen LogP contribution in [-0.4, -0.2) is 27.9 Å². The highest BCUT2D eigenvalue weighted by Crippen LogP contribution is 2.34. The zero-order valence-corrected chi connectivity index (χ0v) is 21.9. The molecule has 4 aromatic rings. The lowest BCUT2D eigenvalue weighted by Crippen LogP contribution is -2.32. The van der Waals surface area contributed by atoms with E-state index in [0.717, 1.165) is 4.90 Å². The fraction of sp³-hybridized carbons (Fsp3) is 0. The van der Waals surface area contributed by atoms with Gasteiger partial charge in [0, 0.05) is 22.2 Å². The van der Waals surface area contributed by atoms with Crippen molar-refractivity contribution in [1.82, 2.24) is 4.98 Å². The monoisotopic (exact) mass is 580 g/mol. The molecule has 196 valence electrons. The molecule has 13 heteroatoms. The number of hydrogen-bond donors (Lipinski definition) is 3. The highest BCUT2D eigenvalue weighted by Gasteiger charge is 2.39. The lowest BCUT2D eigenvalue weighted by molar-refractivity contribution is -0.120. The van der Waals surface area contributed by atoms with Gasteiger partial charge >= 0.3 is 0 Å². The summed E-state index contributed by atoms with van der Waals surface area (Å²) < 4.78 is 0. The Hall–Kier alpha value is -4.26. The van der Waals surface area contributed by atoms with Crippen molar-refractivity contribution in [2.45, 2.75) is 0 Å². The number of nitrogens with zero attached hydrogens (tertiary/aromatic N) is 3. The molecule has 0 saturated heterocycles. The summed E-state index contributed by atoms with van der Waals surface area (Å²) in [6.45, 7) is 0. The number of nitrogens with one attached hydrogen (secondary N) is 2. The second-order valence-corrected chi connectivity index (χ2v) is 9.75. The molecule has 0 saturated carbocycles. The summed E-state index contributed by atoms with van der Waals surface area (Å²) in [4.78, 5) is 43.9. The molecule has 0 atom stereocenters. The van der Waals surface area contributed by atoms with E-state index in [-0.39, 0.29) is 37.9 Å². The first-order valence-corrected chi connectivity index (χ1v) is 12.8. The molecule has 0 fully saturated rings. The van der Waals surface area contributed by atoms with Crippen LogP contribution in [0.4, 0.5) is 22.2 Å². The SMILES string of the molecule is O=C(Nc1nc(-c2cccc(N([O-])O)c2)cs1)c1cccc(NC2=C(Cl)C(=O)N(c3ccccc3Cl)C2=O)c1. The molecule has 3 amide bonds. The minimum atomic E-state index is -0.724. The molecule has 1 aliphatic heterocycles. The van der Waals surface area contributed by atoms with Gasteiger partial charge in [0.15, 0.2) is 5.13 Å². The molecule has 1 aromatic heterocycles. The second-order valence-electron chi connectivity index (χ2n) is 8.11. The summed E-state index contributed by atoms with van der Waals surface area (Å²) >= 11 is 13.5. The van der Waals surface area contributed by atoms with Gasteiger partial charge in [-0.15, -0.1) is 11.3 Å². The molecule has 5 rings (SSSR count). The van der Waals surface area contributed by atoms with E-state index >= 15 is 0 Å². The number of rotatable bonds is 7. The van der Waals surface area contributed by atoms with Crippen LogP contribution in [0.3, 0.4) is 0 Å². The van der Waals surface area contributed by atoms with Crippen molar-refractivity contribution in [3.8, 4) is 11.3 Å². The quantitative estimate of drug-likeness (QED) is 0.183. The van der Waals surface area contributed by atoms with Crippen molar-refractivity contribution in [3.05, 3.63) is 105 Å². The van der Waals surface area contributed by atoms with E-state index in [1.54, 1.807) is 53.9 Å². The number of anilines is 4. The van der Waals surface area contributed by atoms with Crippen molar-refractivity contribution < 1.29 is 19.6 Å². The average Bonchev–Trinajstić information content (AvgIpc) is 3.48. The number of benzene rings is 3. The smallest absolute Gasteiger partial charge is 0.283 e. The number of amides is 3. The Morgan fingerprint density at radius 1 is 1.00 bits per heavy atom. The number of carbonyl (C=O) groups is 3. The Kier molecular flexibility index (Phi) is 7.33. The fourth-order valence-electron chi connectivity index (χ4n) is 3.76. The van der Waals surface area contributed by atoms with Crippen LogP contribution in [0.2, 0.25) is 5.02 Å². The van der Waals surface area contributed by atoms with Gasteiger partial charge in [0.1, 0.15) is 10.7 Å². The maximum absolute atomic E-state index is 13.0. The molecule has 2 heterocycles. The molecule has 3 N–H and O–H groups in total. The Balaban J connectivity index is 1.31. The predicted octanol–water partition coefficient (Wildman–Crippen LogP) is 5.84. The number of hydrogen-bond acceptors (Lipinski definition) is 9. The van der Waals surface area contributed by atoms with E-state index < -0.39 is 17.7 Å². The number of para-hydroxylation sites is 1. The first-order valence-electron chi connectivity index (χ1n) is 11.2. The molecule has 39 heavy (non-hydrogen) atoms.